The predicted molar refractivity (Wildman–Crippen MR) is 54.3 cm³/mol. The van der Waals surface area contributed by atoms with Crippen molar-refractivity contribution < 1.29 is 0 Å². The lowest BCUT2D eigenvalue weighted by Gasteiger charge is -2.06. The average molecular weight is 250 g/mol. The number of halogens is 2. The molecule has 2 nitrogen and oxygen atoms in total. The van der Waals surface area contributed by atoms with Gasteiger partial charge in [0.2, 0.25) is 0 Å². The molecule has 4 heteroatoms. The molecule has 1 fully saturated rings. The Hall–Kier alpha value is -0.120. The first-order valence-corrected chi connectivity index (χ1v) is 4.41. The maximum atomic E-state index is 5.94. The highest BCUT2D eigenvalue weighted by atomic mass is 79.9. The Labute approximate surface area is 86.1 Å². The molecule has 0 unspecified atom stereocenters. The zero-order valence-electron chi connectivity index (χ0n) is 6.46. The van der Waals surface area contributed by atoms with Gasteiger partial charge in [-0.1, -0.05) is 0 Å². The van der Waals surface area contributed by atoms with Crippen molar-refractivity contribution in [2.75, 3.05) is 0 Å². The van der Waals surface area contributed by atoms with Crippen molar-refractivity contribution in [1.82, 2.24) is 4.98 Å². The Kier molecular flexibility index (Phi) is 2.76. The summed E-state index contributed by atoms with van der Waals surface area (Å²) in [5, 5.41) is 0. The molecule has 0 atom stereocenters. The molecule has 0 aliphatic heterocycles. The van der Waals surface area contributed by atoms with Gasteiger partial charge in [-0.3, -0.25) is 4.98 Å². The van der Waals surface area contributed by atoms with Crippen LogP contribution in [0.4, 0.5) is 0 Å². The Bertz CT molecular complexity index is 269. The van der Waals surface area contributed by atoms with Crippen molar-refractivity contribution in [2.24, 2.45) is 5.73 Å². The molecule has 1 heterocycles. The van der Waals surface area contributed by atoms with Crippen LogP contribution in [0.5, 0.6) is 0 Å². The molecule has 1 saturated carbocycles. The number of nitrogens with zero attached hydrogens (tertiary/aromatic N) is 1. The molecule has 66 valence electrons. The molecule has 0 radical (unpaired) electrons. The van der Waals surface area contributed by atoms with Crippen LogP contribution in [0.25, 0.3) is 0 Å². The van der Waals surface area contributed by atoms with E-state index >= 15 is 0 Å². The summed E-state index contributed by atoms with van der Waals surface area (Å²) in [6, 6.07) is 3.96. The van der Waals surface area contributed by atoms with Crippen molar-refractivity contribution >= 4 is 28.3 Å². The molecular formula is C8H10BrClN2. The highest BCUT2D eigenvalue weighted by molar-refractivity contribution is 9.10. The fraction of sp³-hybridized carbons (Fsp3) is 0.375. The van der Waals surface area contributed by atoms with Gasteiger partial charge < -0.3 is 5.73 Å². The Morgan fingerprint density at radius 1 is 1.42 bits per heavy atom. The quantitative estimate of drug-likeness (QED) is 0.829. The van der Waals surface area contributed by atoms with E-state index in [0.717, 1.165) is 23.0 Å². The molecule has 0 aromatic carbocycles. The second-order valence-electron chi connectivity index (χ2n) is 3.02. The maximum Gasteiger partial charge on any atom is 0.0603 e. The van der Waals surface area contributed by atoms with Gasteiger partial charge in [0.1, 0.15) is 0 Å². The van der Waals surface area contributed by atoms with Crippen LogP contribution in [0.1, 0.15) is 18.5 Å². The van der Waals surface area contributed by atoms with Crippen LogP contribution in [0.3, 0.4) is 0 Å². The van der Waals surface area contributed by atoms with Gasteiger partial charge in [-0.2, -0.15) is 0 Å². The standard InChI is InChI=1S/C8H9BrN2.ClH/c9-6-1-2-7(11-5-6)8(10)3-4-8;/h1-2,5H,3-4,10H2;1H. The molecule has 1 aromatic heterocycles. The maximum absolute atomic E-state index is 5.94. The van der Waals surface area contributed by atoms with Crippen LogP contribution in [0.2, 0.25) is 0 Å². The van der Waals surface area contributed by atoms with Gasteiger partial charge in [-0.25, -0.2) is 0 Å². The number of hydrogen-bond acceptors (Lipinski definition) is 2. The van der Waals surface area contributed by atoms with Crippen LogP contribution in [0, 0.1) is 0 Å². The fourth-order valence-corrected chi connectivity index (χ4v) is 1.30. The summed E-state index contributed by atoms with van der Waals surface area (Å²) in [5.74, 6) is 0. The SMILES string of the molecule is Cl.NC1(c2ccc(Br)cn2)CC1. The first-order valence-electron chi connectivity index (χ1n) is 3.62. The number of hydrogen-bond donors (Lipinski definition) is 1. The van der Waals surface area contributed by atoms with Gasteiger partial charge in [0.15, 0.2) is 0 Å². The van der Waals surface area contributed by atoms with Gasteiger partial charge in [0, 0.05) is 10.7 Å². The van der Waals surface area contributed by atoms with Gasteiger partial charge in [-0.15, -0.1) is 12.4 Å². The largest absolute Gasteiger partial charge is 0.320 e. The molecule has 0 amide bonds. The molecule has 2 rings (SSSR count). The number of pyridine rings is 1. The Morgan fingerprint density at radius 2 is 2.08 bits per heavy atom. The minimum absolute atomic E-state index is 0. The van der Waals surface area contributed by atoms with Crippen molar-refractivity contribution in [3.63, 3.8) is 0 Å². The molecule has 12 heavy (non-hydrogen) atoms. The van der Waals surface area contributed by atoms with Crippen LogP contribution in [-0.4, -0.2) is 4.98 Å². The highest BCUT2D eigenvalue weighted by Crippen LogP contribution is 2.41. The molecule has 0 bridgehead atoms. The Morgan fingerprint density at radius 3 is 2.50 bits per heavy atom. The summed E-state index contributed by atoms with van der Waals surface area (Å²) in [6.07, 6.45) is 3.94. The summed E-state index contributed by atoms with van der Waals surface area (Å²) >= 11 is 3.33. The molecule has 0 spiro atoms. The van der Waals surface area contributed by atoms with Crippen LogP contribution in [0.15, 0.2) is 22.8 Å². The van der Waals surface area contributed by atoms with E-state index in [9.17, 15) is 0 Å². The third-order valence-electron chi connectivity index (χ3n) is 2.03. The fourth-order valence-electron chi connectivity index (χ4n) is 1.06. The van der Waals surface area contributed by atoms with Gasteiger partial charge in [-0.05, 0) is 40.9 Å². The van der Waals surface area contributed by atoms with Crippen LogP contribution >= 0.6 is 28.3 Å². The smallest absolute Gasteiger partial charge is 0.0603 e. The predicted octanol–water partition coefficient (Wildman–Crippen LogP) is 2.21. The van der Waals surface area contributed by atoms with Crippen LogP contribution in [-0.2, 0) is 5.54 Å². The normalized spacial score (nSPS) is 18.2. The summed E-state index contributed by atoms with van der Waals surface area (Å²) in [6.45, 7) is 0. The van der Waals surface area contributed by atoms with E-state index in [2.05, 4.69) is 20.9 Å². The third-order valence-corrected chi connectivity index (χ3v) is 2.50. The average Bonchev–Trinajstić information content (AvgIpc) is 2.70. The molecule has 1 aromatic rings. The molecule has 1 aliphatic rings. The lowest BCUT2D eigenvalue weighted by atomic mass is 10.2. The lowest BCUT2D eigenvalue weighted by molar-refractivity contribution is 0.707. The van der Waals surface area contributed by atoms with E-state index < -0.39 is 0 Å². The topological polar surface area (TPSA) is 38.9 Å². The number of nitrogens with two attached hydrogens (primary N) is 1. The Balaban J connectivity index is 0.000000720. The monoisotopic (exact) mass is 248 g/mol. The van der Waals surface area contributed by atoms with Gasteiger partial charge in [0.05, 0.1) is 11.2 Å². The first kappa shape index (κ1) is 9.96. The first-order chi connectivity index (χ1) is 5.21. The zero-order valence-corrected chi connectivity index (χ0v) is 8.86. The summed E-state index contributed by atoms with van der Waals surface area (Å²) < 4.78 is 1.01. The third kappa shape index (κ3) is 1.79. The van der Waals surface area contributed by atoms with Crippen molar-refractivity contribution in [2.45, 2.75) is 18.4 Å². The summed E-state index contributed by atoms with van der Waals surface area (Å²) in [7, 11) is 0. The number of rotatable bonds is 1. The molecular weight excluding hydrogens is 239 g/mol. The summed E-state index contributed by atoms with van der Waals surface area (Å²) in [5.41, 5.74) is 6.86. The minimum Gasteiger partial charge on any atom is -0.320 e. The lowest BCUT2D eigenvalue weighted by Crippen LogP contribution is -2.19. The van der Waals surface area contributed by atoms with Gasteiger partial charge in [0.25, 0.3) is 0 Å². The van der Waals surface area contributed by atoms with Crippen LogP contribution < -0.4 is 5.73 Å². The second kappa shape index (κ2) is 3.32. The van der Waals surface area contributed by atoms with E-state index in [1.54, 1.807) is 6.20 Å². The van der Waals surface area contributed by atoms with Crippen molar-refractivity contribution in [3.05, 3.63) is 28.5 Å². The van der Waals surface area contributed by atoms with E-state index in [1.807, 2.05) is 12.1 Å². The van der Waals surface area contributed by atoms with Crippen molar-refractivity contribution in [1.29, 1.82) is 0 Å². The highest BCUT2D eigenvalue weighted by Gasteiger charge is 2.41. The van der Waals surface area contributed by atoms with Gasteiger partial charge >= 0.3 is 0 Å². The van der Waals surface area contributed by atoms with Crippen molar-refractivity contribution in [3.8, 4) is 0 Å². The zero-order chi connectivity index (χ0) is 7.90. The van der Waals surface area contributed by atoms with E-state index in [-0.39, 0.29) is 17.9 Å². The van der Waals surface area contributed by atoms with E-state index in [1.165, 1.54) is 0 Å². The molecule has 2 N–H and O–H groups in total. The summed E-state index contributed by atoms with van der Waals surface area (Å²) in [4.78, 5) is 4.24. The number of aromatic nitrogens is 1. The minimum atomic E-state index is -0.0965. The van der Waals surface area contributed by atoms with E-state index in [4.69, 9.17) is 5.73 Å². The second-order valence-corrected chi connectivity index (χ2v) is 3.93. The molecule has 0 saturated heterocycles. The van der Waals surface area contributed by atoms with E-state index in [0.29, 0.717) is 0 Å². The molecule has 1 aliphatic carbocycles.